The lowest BCUT2D eigenvalue weighted by atomic mass is 10.0. The van der Waals surface area contributed by atoms with Crippen LogP contribution in [-0.2, 0) is 20.8 Å². The third kappa shape index (κ3) is 5.70. The fourth-order valence-corrected chi connectivity index (χ4v) is 3.45. The van der Waals surface area contributed by atoms with Gasteiger partial charge < -0.3 is 21.3 Å². The van der Waals surface area contributed by atoms with Gasteiger partial charge in [-0.3, -0.25) is 14.4 Å². The van der Waals surface area contributed by atoms with Gasteiger partial charge in [0.1, 0.15) is 17.9 Å². The first kappa shape index (κ1) is 23.4. The molecule has 0 aliphatic carbocycles. The van der Waals surface area contributed by atoms with Crippen molar-refractivity contribution in [3.05, 3.63) is 66.0 Å². The molecular weight excluding hydrogens is 411 g/mol. The summed E-state index contributed by atoms with van der Waals surface area (Å²) in [6.07, 6.45) is 0.950. The Bertz CT molecular complexity index is 949. The third-order valence-corrected chi connectivity index (χ3v) is 5.60. The fourth-order valence-electron chi connectivity index (χ4n) is 3.45. The SMILES string of the molecule is CC(C)[C@H](N)C(=O)N[C@@H](CCc1ccccc1)C(=O)N[C@H]1CN(c2ccc(F)cc2)C1=O. The first-order valence-electron chi connectivity index (χ1n) is 10.7. The number of halogens is 1. The van der Waals surface area contributed by atoms with Crippen molar-refractivity contribution in [1.29, 1.82) is 0 Å². The highest BCUT2D eigenvalue weighted by Gasteiger charge is 2.40. The summed E-state index contributed by atoms with van der Waals surface area (Å²) < 4.78 is 13.1. The van der Waals surface area contributed by atoms with Gasteiger partial charge in [0.25, 0.3) is 5.91 Å². The van der Waals surface area contributed by atoms with Crippen LogP contribution in [0.15, 0.2) is 54.6 Å². The Morgan fingerprint density at radius 1 is 1.09 bits per heavy atom. The lowest BCUT2D eigenvalue weighted by Gasteiger charge is -2.39. The van der Waals surface area contributed by atoms with Gasteiger partial charge in [0.2, 0.25) is 11.8 Å². The van der Waals surface area contributed by atoms with Crippen molar-refractivity contribution in [1.82, 2.24) is 10.6 Å². The van der Waals surface area contributed by atoms with E-state index in [4.69, 9.17) is 5.73 Å². The van der Waals surface area contributed by atoms with E-state index in [1.54, 1.807) is 0 Å². The molecule has 0 spiro atoms. The molecule has 4 N–H and O–H groups in total. The molecule has 3 amide bonds. The second-order valence-electron chi connectivity index (χ2n) is 8.34. The van der Waals surface area contributed by atoms with Crippen LogP contribution in [-0.4, -0.2) is 42.4 Å². The highest BCUT2D eigenvalue weighted by molar-refractivity contribution is 6.06. The van der Waals surface area contributed by atoms with Crippen molar-refractivity contribution >= 4 is 23.4 Å². The van der Waals surface area contributed by atoms with Gasteiger partial charge >= 0.3 is 0 Å². The Labute approximate surface area is 187 Å². The molecule has 8 heteroatoms. The molecule has 0 bridgehead atoms. The minimum Gasteiger partial charge on any atom is -0.343 e. The van der Waals surface area contributed by atoms with E-state index in [9.17, 15) is 18.8 Å². The average Bonchev–Trinajstić information content (AvgIpc) is 2.79. The minimum atomic E-state index is -0.819. The summed E-state index contributed by atoms with van der Waals surface area (Å²) in [6.45, 7) is 3.95. The quantitative estimate of drug-likeness (QED) is 0.517. The van der Waals surface area contributed by atoms with E-state index in [1.165, 1.54) is 29.2 Å². The number of hydrogen-bond donors (Lipinski definition) is 3. The van der Waals surface area contributed by atoms with E-state index in [-0.39, 0.29) is 24.2 Å². The second kappa shape index (κ2) is 10.4. The van der Waals surface area contributed by atoms with Gasteiger partial charge in [-0.05, 0) is 48.6 Å². The largest absolute Gasteiger partial charge is 0.343 e. The maximum atomic E-state index is 13.1. The molecule has 3 atom stereocenters. The number of aryl methyl sites for hydroxylation is 1. The molecule has 1 heterocycles. The maximum absolute atomic E-state index is 13.1. The van der Waals surface area contributed by atoms with E-state index >= 15 is 0 Å². The number of anilines is 1. The summed E-state index contributed by atoms with van der Waals surface area (Å²) >= 11 is 0. The minimum absolute atomic E-state index is 0.0784. The van der Waals surface area contributed by atoms with E-state index in [0.717, 1.165) is 5.56 Å². The zero-order valence-corrected chi connectivity index (χ0v) is 18.3. The molecule has 2 aromatic carbocycles. The smallest absolute Gasteiger partial charge is 0.251 e. The molecule has 7 nitrogen and oxygen atoms in total. The van der Waals surface area contributed by atoms with E-state index in [0.29, 0.717) is 18.5 Å². The molecular formula is C24H29FN4O3. The molecule has 32 heavy (non-hydrogen) atoms. The molecule has 1 aliphatic heterocycles. The first-order chi connectivity index (χ1) is 15.3. The molecule has 3 rings (SSSR count). The van der Waals surface area contributed by atoms with Crippen LogP contribution in [0, 0.1) is 11.7 Å². The van der Waals surface area contributed by atoms with Crippen molar-refractivity contribution < 1.29 is 18.8 Å². The van der Waals surface area contributed by atoms with Gasteiger partial charge in [-0.25, -0.2) is 4.39 Å². The number of β-lactam (4-membered cyclic amide) rings is 1. The maximum Gasteiger partial charge on any atom is 0.251 e. The van der Waals surface area contributed by atoms with Crippen LogP contribution in [0.5, 0.6) is 0 Å². The van der Waals surface area contributed by atoms with Crippen LogP contribution in [0.4, 0.5) is 10.1 Å². The average molecular weight is 441 g/mol. The van der Waals surface area contributed by atoms with Crippen molar-refractivity contribution in [2.24, 2.45) is 11.7 Å². The van der Waals surface area contributed by atoms with Crippen LogP contribution in [0.1, 0.15) is 25.8 Å². The molecule has 1 fully saturated rings. The number of hydrogen-bond acceptors (Lipinski definition) is 4. The van der Waals surface area contributed by atoms with Crippen molar-refractivity contribution in [3.63, 3.8) is 0 Å². The molecule has 1 saturated heterocycles. The summed E-state index contributed by atoms with van der Waals surface area (Å²) in [6, 6.07) is 13.0. The predicted octanol–water partition coefficient (Wildman–Crippen LogP) is 1.76. The van der Waals surface area contributed by atoms with Crippen molar-refractivity contribution in [2.75, 3.05) is 11.4 Å². The molecule has 0 aromatic heterocycles. The van der Waals surface area contributed by atoms with Gasteiger partial charge in [0.15, 0.2) is 0 Å². The highest BCUT2D eigenvalue weighted by atomic mass is 19.1. The van der Waals surface area contributed by atoms with Crippen LogP contribution in [0.25, 0.3) is 0 Å². The van der Waals surface area contributed by atoms with Gasteiger partial charge in [-0.2, -0.15) is 0 Å². The molecule has 0 saturated carbocycles. The van der Waals surface area contributed by atoms with E-state index in [1.807, 2.05) is 44.2 Å². The van der Waals surface area contributed by atoms with Gasteiger partial charge in [-0.1, -0.05) is 44.2 Å². The second-order valence-corrected chi connectivity index (χ2v) is 8.34. The van der Waals surface area contributed by atoms with Crippen LogP contribution >= 0.6 is 0 Å². The topological polar surface area (TPSA) is 105 Å². The number of carbonyl (C=O) groups excluding carboxylic acids is 3. The monoisotopic (exact) mass is 440 g/mol. The van der Waals surface area contributed by atoms with Crippen molar-refractivity contribution in [3.8, 4) is 0 Å². The Kier molecular flexibility index (Phi) is 7.58. The number of amides is 3. The number of nitrogens with one attached hydrogen (secondary N) is 2. The highest BCUT2D eigenvalue weighted by Crippen LogP contribution is 2.22. The number of nitrogens with zero attached hydrogens (tertiary/aromatic N) is 1. The van der Waals surface area contributed by atoms with Gasteiger partial charge in [0.05, 0.1) is 12.6 Å². The zero-order chi connectivity index (χ0) is 23.3. The Morgan fingerprint density at radius 3 is 2.34 bits per heavy atom. The Balaban J connectivity index is 1.62. The fraction of sp³-hybridized carbons (Fsp3) is 0.375. The number of benzene rings is 2. The molecule has 0 unspecified atom stereocenters. The number of carbonyl (C=O) groups is 3. The Morgan fingerprint density at radius 2 is 1.75 bits per heavy atom. The summed E-state index contributed by atoms with van der Waals surface area (Å²) in [5.41, 5.74) is 7.54. The molecule has 2 aromatic rings. The summed E-state index contributed by atoms with van der Waals surface area (Å²) in [4.78, 5) is 39.4. The molecule has 0 radical (unpaired) electrons. The zero-order valence-electron chi connectivity index (χ0n) is 18.3. The van der Waals surface area contributed by atoms with Gasteiger partial charge in [-0.15, -0.1) is 0 Å². The van der Waals surface area contributed by atoms with Crippen molar-refractivity contribution in [2.45, 2.75) is 44.8 Å². The molecule has 1 aliphatic rings. The van der Waals surface area contributed by atoms with Crippen LogP contribution in [0.2, 0.25) is 0 Å². The number of nitrogens with two attached hydrogens (primary N) is 1. The lowest BCUT2D eigenvalue weighted by Crippen LogP contribution is -2.66. The normalized spacial score (nSPS) is 17.5. The standard InChI is InChI=1S/C24H29FN4O3/c1-15(2)21(26)23(31)27-19(13-8-16-6-4-3-5-7-16)22(30)28-20-14-29(24(20)32)18-11-9-17(25)10-12-18/h3-7,9-12,15,19-21H,8,13-14,26H2,1-2H3,(H,27,31)(H,28,30)/t19-,20-,21-/m0/s1. The third-order valence-electron chi connectivity index (χ3n) is 5.60. The predicted molar refractivity (Wildman–Crippen MR) is 120 cm³/mol. The van der Waals surface area contributed by atoms with Crippen LogP contribution < -0.4 is 21.3 Å². The van der Waals surface area contributed by atoms with E-state index in [2.05, 4.69) is 10.6 Å². The van der Waals surface area contributed by atoms with Crippen LogP contribution in [0.3, 0.4) is 0 Å². The molecule has 170 valence electrons. The van der Waals surface area contributed by atoms with Gasteiger partial charge in [0, 0.05) is 5.69 Å². The Hall–Kier alpha value is -3.26. The summed E-state index contributed by atoms with van der Waals surface area (Å²) in [7, 11) is 0. The lowest BCUT2D eigenvalue weighted by molar-refractivity contribution is -0.133. The first-order valence-corrected chi connectivity index (χ1v) is 10.7. The van der Waals surface area contributed by atoms with E-state index < -0.39 is 29.9 Å². The summed E-state index contributed by atoms with van der Waals surface area (Å²) in [5, 5.41) is 5.47. The number of rotatable bonds is 9. The summed E-state index contributed by atoms with van der Waals surface area (Å²) in [5.74, 6) is -1.58.